The van der Waals surface area contributed by atoms with Gasteiger partial charge in [0.15, 0.2) is 0 Å². The number of methoxy groups -OCH3 is 1. The summed E-state index contributed by atoms with van der Waals surface area (Å²) < 4.78 is 12.5. The third kappa shape index (κ3) is 5.20. The number of rotatable bonds is 6. The quantitative estimate of drug-likeness (QED) is 0.327. The first-order valence-corrected chi connectivity index (χ1v) is 10.7. The first-order valence-electron chi connectivity index (χ1n) is 10.7. The minimum Gasteiger partial charge on any atom is -0.497 e. The molecule has 0 atom stereocenters. The van der Waals surface area contributed by atoms with Crippen LogP contribution in [0.1, 0.15) is 16.7 Å². The standard InChI is InChI=1S/C27H22N4O4/c1-17-11-18(2)13-22(12-17)35-26-23(27(33)31-10-5-4-9-24(31)30-26)14-19(16-28)25(32)29-20-7-6-8-21(15-20)34-3/h4-15H,1-3H3,(H,29,32)/b19-14-. The Balaban J connectivity index is 1.80. The molecule has 4 rings (SSSR count). The minimum absolute atomic E-state index is 0.00636. The number of aromatic nitrogens is 2. The van der Waals surface area contributed by atoms with Crippen molar-refractivity contribution < 1.29 is 14.3 Å². The Morgan fingerprint density at radius 3 is 2.54 bits per heavy atom. The van der Waals surface area contributed by atoms with Crippen LogP contribution in [0.2, 0.25) is 0 Å². The summed E-state index contributed by atoms with van der Waals surface area (Å²) in [7, 11) is 1.51. The van der Waals surface area contributed by atoms with Gasteiger partial charge in [-0.05, 0) is 67.4 Å². The fraction of sp³-hybridized carbons (Fsp3) is 0.111. The molecule has 8 nitrogen and oxygen atoms in total. The Kier molecular flexibility index (Phi) is 6.60. The number of carbonyl (C=O) groups is 1. The zero-order valence-electron chi connectivity index (χ0n) is 19.4. The lowest BCUT2D eigenvalue weighted by atomic mass is 10.1. The van der Waals surface area contributed by atoms with E-state index in [9.17, 15) is 14.9 Å². The number of benzene rings is 2. The van der Waals surface area contributed by atoms with E-state index in [1.54, 1.807) is 48.7 Å². The summed E-state index contributed by atoms with van der Waals surface area (Å²) in [6.07, 6.45) is 2.76. The van der Waals surface area contributed by atoms with Gasteiger partial charge in [0.1, 0.15) is 34.4 Å². The van der Waals surface area contributed by atoms with Gasteiger partial charge in [-0.15, -0.1) is 0 Å². The molecule has 174 valence electrons. The maximum absolute atomic E-state index is 13.3. The molecule has 0 radical (unpaired) electrons. The number of carbonyl (C=O) groups excluding carboxylic acids is 1. The van der Waals surface area contributed by atoms with Gasteiger partial charge in [0.2, 0.25) is 5.88 Å². The highest BCUT2D eigenvalue weighted by atomic mass is 16.5. The lowest BCUT2D eigenvalue weighted by molar-refractivity contribution is -0.112. The fourth-order valence-corrected chi connectivity index (χ4v) is 3.58. The van der Waals surface area contributed by atoms with Crippen molar-refractivity contribution in [1.82, 2.24) is 9.38 Å². The first kappa shape index (κ1) is 23.3. The topological polar surface area (TPSA) is 106 Å². The van der Waals surface area contributed by atoms with E-state index in [0.29, 0.717) is 22.8 Å². The Morgan fingerprint density at radius 1 is 1.06 bits per heavy atom. The number of nitriles is 1. The van der Waals surface area contributed by atoms with Crippen LogP contribution >= 0.6 is 0 Å². The van der Waals surface area contributed by atoms with Crippen LogP contribution in [0.25, 0.3) is 11.7 Å². The molecule has 2 heterocycles. The molecule has 2 aromatic carbocycles. The number of anilines is 1. The fourth-order valence-electron chi connectivity index (χ4n) is 3.58. The van der Waals surface area contributed by atoms with Gasteiger partial charge in [-0.1, -0.05) is 18.2 Å². The summed E-state index contributed by atoms with van der Waals surface area (Å²) in [6, 6.07) is 19.3. The molecule has 0 aliphatic heterocycles. The summed E-state index contributed by atoms with van der Waals surface area (Å²) in [5.41, 5.74) is 1.98. The third-order valence-corrected chi connectivity index (χ3v) is 5.13. The van der Waals surface area contributed by atoms with Gasteiger partial charge in [-0.25, -0.2) is 0 Å². The first-order chi connectivity index (χ1) is 16.9. The lowest BCUT2D eigenvalue weighted by Crippen LogP contribution is -2.20. The number of ether oxygens (including phenoxy) is 2. The van der Waals surface area contributed by atoms with Crippen LogP contribution in [-0.4, -0.2) is 22.4 Å². The summed E-state index contributed by atoms with van der Waals surface area (Å²) in [6.45, 7) is 3.86. The van der Waals surface area contributed by atoms with E-state index in [1.165, 1.54) is 17.6 Å². The van der Waals surface area contributed by atoms with Crippen molar-refractivity contribution in [3.05, 3.63) is 99.5 Å². The van der Waals surface area contributed by atoms with E-state index in [-0.39, 0.29) is 17.0 Å². The molecule has 1 amide bonds. The van der Waals surface area contributed by atoms with E-state index >= 15 is 0 Å². The molecule has 0 spiro atoms. The SMILES string of the molecule is COc1cccc(NC(=O)/C(C#N)=C\c2c(Oc3cc(C)cc(C)c3)nc3ccccn3c2=O)c1. The maximum Gasteiger partial charge on any atom is 0.269 e. The Hall–Kier alpha value is -4.90. The molecule has 0 aliphatic rings. The largest absolute Gasteiger partial charge is 0.497 e. The second kappa shape index (κ2) is 9.93. The Labute approximate surface area is 201 Å². The van der Waals surface area contributed by atoms with Crippen LogP contribution in [0.4, 0.5) is 5.69 Å². The summed E-state index contributed by atoms with van der Waals surface area (Å²) in [4.78, 5) is 30.7. The summed E-state index contributed by atoms with van der Waals surface area (Å²) >= 11 is 0. The number of pyridine rings is 1. The predicted octanol–water partition coefficient (Wildman–Crippen LogP) is 4.66. The monoisotopic (exact) mass is 466 g/mol. The number of nitrogens with zero attached hydrogens (tertiary/aromatic N) is 3. The van der Waals surface area contributed by atoms with Crippen LogP contribution < -0.4 is 20.3 Å². The van der Waals surface area contributed by atoms with Crippen LogP contribution in [0, 0.1) is 25.2 Å². The zero-order chi connectivity index (χ0) is 24.9. The molecule has 35 heavy (non-hydrogen) atoms. The normalized spacial score (nSPS) is 11.1. The number of hydrogen-bond acceptors (Lipinski definition) is 6. The van der Waals surface area contributed by atoms with E-state index in [2.05, 4.69) is 10.3 Å². The number of fused-ring (bicyclic) bond motifs is 1. The maximum atomic E-state index is 13.3. The highest BCUT2D eigenvalue weighted by Crippen LogP contribution is 2.26. The highest BCUT2D eigenvalue weighted by molar-refractivity contribution is 6.09. The van der Waals surface area contributed by atoms with Gasteiger partial charge in [0, 0.05) is 18.0 Å². The van der Waals surface area contributed by atoms with Crippen molar-refractivity contribution in [2.45, 2.75) is 13.8 Å². The second-order valence-electron chi connectivity index (χ2n) is 7.85. The molecule has 0 saturated carbocycles. The molecule has 0 fully saturated rings. The van der Waals surface area contributed by atoms with Crippen molar-refractivity contribution in [2.24, 2.45) is 0 Å². The molecular formula is C27H22N4O4. The summed E-state index contributed by atoms with van der Waals surface area (Å²) in [5.74, 6) is 0.346. The molecular weight excluding hydrogens is 444 g/mol. The van der Waals surface area contributed by atoms with Crippen LogP contribution in [-0.2, 0) is 4.79 Å². The molecule has 8 heteroatoms. The minimum atomic E-state index is -0.685. The van der Waals surface area contributed by atoms with E-state index in [4.69, 9.17) is 9.47 Å². The molecule has 0 unspecified atom stereocenters. The smallest absolute Gasteiger partial charge is 0.269 e. The van der Waals surface area contributed by atoms with Crippen molar-refractivity contribution >= 4 is 23.3 Å². The number of aryl methyl sites for hydroxylation is 2. The molecule has 0 bridgehead atoms. The van der Waals surface area contributed by atoms with Gasteiger partial charge in [-0.3, -0.25) is 14.0 Å². The van der Waals surface area contributed by atoms with Crippen molar-refractivity contribution in [3.63, 3.8) is 0 Å². The average Bonchev–Trinajstić information content (AvgIpc) is 2.83. The molecule has 4 aromatic rings. The third-order valence-electron chi connectivity index (χ3n) is 5.13. The molecule has 2 aromatic heterocycles. The van der Waals surface area contributed by atoms with Crippen LogP contribution in [0.5, 0.6) is 17.4 Å². The highest BCUT2D eigenvalue weighted by Gasteiger charge is 2.18. The number of amides is 1. The van der Waals surface area contributed by atoms with E-state index in [1.807, 2.05) is 38.1 Å². The molecule has 1 N–H and O–H groups in total. The molecule has 0 aliphatic carbocycles. The molecule has 0 saturated heterocycles. The second-order valence-corrected chi connectivity index (χ2v) is 7.85. The van der Waals surface area contributed by atoms with Crippen LogP contribution in [0.3, 0.4) is 0 Å². The van der Waals surface area contributed by atoms with E-state index < -0.39 is 11.5 Å². The Morgan fingerprint density at radius 2 is 1.83 bits per heavy atom. The van der Waals surface area contributed by atoms with Crippen molar-refractivity contribution in [2.75, 3.05) is 12.4 Å². The van der Waals surface area contributed by atoms with Gasteiger partial charge in [0.25, 0.3) is 11.5 Å². The van der Waals surface area contributed by atoms with Gasteiger partial charge in [0.05, 0.1) is 7.11 Å². The lowest BCUT2D eigenvalue weighted by Gasteiger charge is -2.11. The van der Waals surface area contributed by atoms with E-state index in [0.717, 1.165) is 11.1 Å². The van der Waals surface area contributed by atoms with Gasteiger partial charge >= 0.3 is 0 Å². The van der Waals surface area contributed by atoms with Crippen molar-refractivity contribution in [1.29, 1.82) is 5.26 Å². The summed E-state index contributed by atoms with van der Waals surface area (Å²) in [5, 5.41) is 12.4. The van der Waals surface area contributed by atoms with Crippen molar-refractivity contribution in [3.8, 4) is 23.4 Å². The van der Waals surface area contributed by atoms with Gasteiger partial charge in [-0.2, -0.15) is 10.2 Å². The number of nitrogens with one attached hydrogen (secondary N) is 1. The van der Waals surface area contributed by atoms with Gasteiger partial charge < -0.3 is 14.8 Å². The predicted molar refractivity (Wildman–Crippen MR) is 133 cm³/mol. The average molecular weight is 466 g/mol. The Bertz CT molecular complexity index is 1540. The zero-order valence-corrected chi connectivity index (χ0v) is 19.4. The number of hydrogen-bond donors (Lipinski definition) is 1. The van der Waals surface area contributed by atoms with Crippen LogP contribution in [0.15, 0.2) is 77.2 Å².